The van der Waals surface area contributed by atoms with Gasteiger partial charge in [0.05, 0.1) is 25.5 Å². The van der Waals surface area contributed by atoms with E-state index >= 15 is 0 Å². The number of carbonyl (C=O) groups excluding carboxylic acids is 1. The van der Waals surface area contributed by atoms with Crippen molar-refractivity contribution in [3.63, 3.8) is 0 Å². The van der Waals surface area contributed by atoms with Gasteiger partial charge in [0.15, 0.2) is 17.3 Å². The van der Waals surface area contributed by atoms with Gasteiger partial charge < -0.3 is 14.6 Å². The summed E-state index contributed by atoms with van der Waals surface area (Å²) in [6.45, 7) is 9.10. The number of nitrogens with zero attached hydrogens (tertiary/aromatic N) is 1. The SMILES string of the molecule is CC(=O)/C=C(/C)O.CCc1c(OC)c(OC)cc2nc(-c3[c-]c(C)ccc3C)ccc12.[Ir]. The van der Waals surface area contributed by atoms with E-state index in [9.17, 15) is 4.79 Å². The van der Waals surface area contributed by atoms with Gasteiger partial charge in [-0.15, -0.1) is 34.9 Å². The molecule has 32 heavy (non-hydrogen) atoms. The van der Waals surface area contributed by atoms with Crippen molar-refractivity contribution >= 4 is 16.7 Å². The molecule has 0 saturated heterocycles. The molecule has 6 heteroatoms. The number of rotatable bonds is 5. The van der Waals surface area contributed by atoms with Crippen molar-refractivity contribution in [1.29, 1.82) is 0 Å². The number of hydrogen-bond acceptors (Lipinski definition) is 5. The second-order valence-corrected chi connectivity index (χ2v) is 7.30. The van der Waals surface area contributed by atoms with E-state index in [1.54, 1.807) is 14.2 Å². The van der Waals surface area contributed by atoms with Crippen LogP contribution < -0.4 is 9.47 Å². The molecule has 0 bridgehead atoms. The van der Waals surface area contributed by atoms with Gasteiger partial charge in [0, 0.05) is 43.2 Å². The van der Waals surface area contributed by atoms with Crippen LogP contribution in [0.1, 0.15) is 37.5 Å². The van der Waals surface area contributed by atoms with Gasteiger partial charge in [0.25, 0.3) is 0 Å². The van der Waals surface area contributed by atoms with E-state index in [2.05, 4.69) is 44.2 Å². The molecule has 5 nitrogen and oxygen atoms in total. The molecular formula is C26H30IrNO4-. The normalized spacial score (nSPS) is 10.7. The number of allylic oxidation sites excluding steroid dienone is 2. The molecule has 0 aliphatic heterocycles. The number of aromatic nitrogens is 1. The van der Waals surface area contributed by atoms with E-state index in [-0.39, 0.29) is 31.6 Å². The third-order valence-electron chi connectivity index (χ3n) is 4.76. The number of ether oxygens (including phenoxy) is 2. The van der Waals surface area contributed by atoms with Crippen LogP contribution in [0.25, 0.3) is 22.2 Å². The van der Waals surface area contributed by atoms with Gasteiger partial charge in [-0.25, -0.2) is 0 Å². The molecular weight excluding hydrogens is 583 g/mol. The van der Waals surface area contributed by atoms with Crippen LogP contribution in [-0.4, -0.2) is 30.1 Å². The Labute approximate surface area is 203 Å². The first-order valence-electron chi connectivity index (χ1n) is 10.1. The maximum Gasteiger partial charge on any atom is 0.164 e. The minimum absolute atomic E-state index is 0. The van der Waals surface area contributed by atoms with Gasteiger partial charge in [-0.2, -0.15) is 0 Å². The van der Waals surface area contributed by atoms with E-state index < -0.39 is 0 Å². The summed E-state index contributed by atoms with van der Waals surface area (Å²) in [6.07, 6.45) is 2.02. The number of benzene rings is 2. The number of aliphatic hydroxyl groups excluding tert-OH is 1. The molecule has 0 spiro atoms. The van der Waals surface area contributed by atoms with Gasteiger partial charge in [-0.1, -0.05) is 32.9 Å². The quantitative estimate of drug-likeness (QED) is 0.220. The van der Waals surface area contributed by atoms with Crippen LogP contribution in [0.3, 0.4) is 0 Å². The fourth-order valence-electron chi connectivity index (χ4n) is 3.40. The number of methoxy groups -OCH3 is 2. The monoisotopic (exact) mass is 613 g/mol. The van der Waals surface area contributed by atoms with Crippen molar-refractivity contribution < 1.29 is 39.5 Å². The number of aliphatic hydroxyl groups is 1. The summed E-state index contributed by atoms with van der Waals surface area (Å²) in [5.74, 6) is 1.45. The molecule has 0 fully saturated rings. The smallest absolute Gasteiger partial charge is 0.164 e. The van der Waals surface area contributed by atoms with Gasteiger partial charge in [0.2, 0.25) is 0 Å². The summed E-state index contributed by atoms with van der Waals surface area (Å²) in [4.78, 5) is 14.9. The maximum absolute atomic E-state index is 10.0. The molecule has 1 heterocycles. The molecule has 173 valence electrons. The summed E-state index contributed by atoms with van der Waals surface area (Å²) < 4.78 is 11.1. The first-order valence-corrected chi connectivity index (χ1v) is 10.1. The van der Waals surface area contributed by atoms with Gasteiger partial charge in [0.1, 0.15) is 0 Å². The number of aryl methyl sites for hydroxylation is 3. The predicted octanol–water partition coefficient (Wildman–Crippen LogP) is 5.93. The average Bonchev–Trinajstić information content (AvgIpc) is 2.72. The molecule has 0 aliphatic carbocycles. The number of fused-ring (bicyclic) bond motifs is 1. The van der Waals surface area contributed by atoms with Crippen LogP contribution in [-0.2, 0) is 31.3 Å². The van der Waals surface area contributed by atoms with Gasteiger partial charge in [-0.05, 0) is 26.0 Å². The largest absolute Gasteiger partial charge is 0.512 e. The number of hydrogen-bond donors (Lipinski definition) is 1. The van der Waals surface area contributed by atoms with E-state index in [0.717, 1.165) is 51.2 Å². The molecule has 1 aromatic heterocycles. The maximum atomic E-state index is 10.0. The van der Waals surface area contributed by atoms with Gasteiger partial charge in [-0.3, -0.25) is 9.78 Å². The standard InChI is InChI=1S/C21H22NO2.C5H8O2.Ir/c1-6-15-16-9-10-18(17-11-13(2)7-8-14(17)3)22-19(16)12-20(23-4)21(15)24-5;1-4(6)3-5(2)7;/h7-10,12H,6H2,1-5H3;3,6H,1-2H3;/q-1;;/b;4-3-;. The molecule has 1 N–H and O–H groups in total. The Morgan fingerprint density at radius 1 is 1.12 bits per heavy atom. The zero-order valence-corrected chi connectivity index (χ0v) is 22.0. The summed E-state index contributed by atoms with van der Waals surface area (Å²) >= 11 is 0. The van der Waals surface area contributed by atoms with Crippen LogP contribution >= 0.6 is 0 Å². The van der Waals surface area contributed by atoms with E-state index in [1.807, 2.05) is 13.0 Å². The molecule has 3 rings (SSSR count). The van der Waals surface area contributed by atoms with Crippen molar-refractivity contribution in [2.45, 2.75) is 41.0 Å². The Morgan fingerprint density at radius 2 is 1.81 bits per heavy atom. The van der Waals surface area contributed by atoms with Crippen LogP contribution in [0, 0.1) is 19.9 Å². The zero-order valence-electron chi connectivity index (χ0n) is 19.6. The van der Waals surface area contributed by atoms with Crippen molar-refractivity contribution in [3.8, 4) is 22.8 Å². The molecule has 0 aliphatic rings. The Balaban J connectivity index is 0.000000558. The minimum atomic E-state index is -0.125. The Morgan fingerprint density at radius 3 is 2.31 bits per heavy atom. The van der Waals surface area contributed by atoms with Crippen LogP contribution in [0.5, 0.6) is 11.5 Å². The molecule has 1 radical (unpaired) electrons. The minimum Gasteiger partial charge on any atom is -0.512 e. The van der Waals surface area contributed by atoms with E-state index in [0.29, 0.717) is 0 Å². The Kier molecular flexibility index (Phi) is 10.6. The summed E-state index contributed by atoms with van der Waals surface area (Å²) in [5, 5.41) is 9.46. The molecule has 2 aromatic carbocycles. The van der Waals surface area contributed by atoms with Crippen LogP contribution in [0.2, 0.25) is 0 Å². The molecule has 3 aromatic rings. The topological polar surface area (TPSA) is 68.7 Å². The van der Waals surface area contributed by atoms with Crippen molar-refractivity contribution in [1.82, 2.24) is 4.98 Å². The second-order valence-electron chi connectivity index (χ2n) is 7.30. The number of carbonyl (C=O) groups is 1. The Bertz CT molecular complexity index is 1120. The summed E-state index contributed by atoms with van der Waals surface area (Å²) in [6, 6.07) is 13.7. The fraction of sp³-hybridized carbons (Fsp3) is 0.308. The molecule has 0 unspecified atom stereocenters. The van der Waals surface area contributed by atoms with Gasteiger partial charge >= 0.3 is 0 Å². The first kappa shape index (κ1) is 27.3. The van der Waals surface area contributed by atoms with E-state index in [1.165, 1.54) is 25.5 Å². The number of ketones is 1. The third kappa shape index (κ3) is 6.65. The first-order chi connectivity index (χ1) is 14.7. The predicted molar refractivity (Wildman–Crippen MR) is 125 cm³/mol. The summed E-state index contributed by atoms with van der Waals surface area (Å²) in [5.41, 5.74) is 6.29. The van der Waals surface area contributed by atoms with Crippen molar-refractivity contribution in [2.75, 3.05) is 14.2 Å². The molecule has 0 atom stereocenters. The Hall–Kier alpha value is -2.69. The average molecular weight is 613 g/mol. The van der Waals surface area contributed by atoms with E-state index in [4.69, 9.17) is 19.6 Å². The fourth-order valence-corrected chi connectivity index (χ4v) is 3.40. The third-order valence-corrected chi connectivity index (χ3v) is 4.76. The summed E-state index contributed by atoms with van der Waals surface area (Å²) in [7, 11) is 3.33. The van der Waals surface area contributed by atoms with Crippen LogP contribution in [0.4, 0.5) is 0 Å². The molecule has 0 amide bonds. The van der Waals surface area contributed by atoms with Crippen LogP contribution in [0.15, 0.2) is 42.2 Å². The van der Waals surface area contributed by atoms with Crippen molar-refractivity contribution in [2.24, 2.45) is 0 Å². The van der Waals surface area contributed by atoms with Crippen molar-refractivity contribution in [3.05, 3.63) is 64.9 Å². The second kappa shape index (κ2) is 12.4. The molecule has 0 saturated carbocycles. The number of pyridine rings is 1. The zero-order chi connectivity index (χ0) is 23.1.